The van der Waals surface area contributed by atoms with Crippen LogP contribution in [0, 0.1) is 16.5 Å². The molecule has 0 atom stereocenters. The molecule has 0 spiro atoms. The van der Waals surface area contributed by atoms with Crippen LogP contribution < -0.4 is 0 Å². The van der Waals surface area contributed by atoms with Gasteiger partial charge in [-0.15, -0.1) is 0 Å². The summed E-state index contributed by atoms with van der Waals surface area (Å²) >= 11 is 0. The lowest BCUT2D eigenvalue weighted by Crippen LogP contribution is -2.01. The minimum Gasteiger partial charge on any atom is -0.265 e. The van der Waals surface area contributed by atoms with Crippen molar-refractivity contribution in [1.29, 1.82) is 0 Å². The average Bonchev–Trinajstić information content (AvgIpc) is 2.26. The van der Waals surface area contributed by atoms with Crippen molar-refractivity contribution in [2.24, 2.45) is 0 Å². The fourth-order valence-electron chi connectivity index (χ4n) is 1.60. The molecule has 1 radical (unpaired) electrons. The van der Waals surface area contributed by atoms with E-state index >= 15 is 0 Å². The quantitative estimate of drug-likeness (QED) is 0.564. The summed E-state index contributed by atoms with van der Waals surface area (Å²) in [5, 5.41) is 12.4. The fourth-order valence-corrected chi connectivity index (χ4v) is 1.60. The SMILES string of the molecule is O=[N+]([O-])C[CH]c1cccc2ccccc12. The molecule has 0 aliphatic heterocycles. The summed E-state index contributed by atoms with van der Waals surface area (Å²) in [6.07, 6.45) is 1.64. The second-order valence-corrected chi connectivity index (χ2v) is 3.29. The number of hydrogen-bond acceptors (Lipinski definition) is 2. The average molecular weight is 200 g/mol. The van der Waals surface area contributed by atoms with Crippen LogP contribution >= 0.6 is 0 Å². The minimum atomic E-state index is -0.332. The molecular formula is C12H10NO2. The summed E-state index contributed by atoms with van der Waals surface area (Å²) in [6, 6.07) is 13.7. The highest BCUT2D eigenvalue weighted by Gasteiger charge is 2.04. The lowest BCUT2D eigenvalue weighted by molar-refractivity contribution is -0.471. The van der Waals surface area contributed by atoms with E-state index in [1.165, 1.54) is 0 Å². The van der Waals surface area contributed by atoms with E-state index in [1.807, 2.05) is 42.5 Å². The van der Waals surface area contributed by atoms with Gasteiger partial charge in [0.25, 0.3) is 0 Å². The summed E-state index contributed by atoms with van der Waals surface area (Å²) in [5.74, 6) is 0. The first kappa shape index (κ1) is 9.65. The molecule has 0 saturated heterocycles. The molecular weight excluding hydrogens is 190 g/mol. The lowest BCUT2D eigenvalue weighted by atomic mass is 10.0. The number of benzene rings is 2. The second-order valence-electron chi connectivity index (χ2n) is 3.29. The van der Waals surface area contributed by atoms with E-state index in [0.29, 0.717) is 0 Å². The molecule has 0 N–H and O–H groups in total. The van der Waals surface area contributed by atoms with Crippen molar-refractivity contribution < 1.29 is 4.92 Å². The van der Waals surface area contributed by atoms with E-state index in [0.717, 1.165) is 16.3 Å². The van der Waals surface area contributed by atoms with Crippen molar-refractivity contribution >= 4 is 10.8 Å². The van der Waals surface area contributed by atoms with E-state index < -0.39 is 0 Å². The molecule has 0 aliphatic carbocycles. The number of rotatable bonds is 3. The third kappa shape index (κ3) is 2.13. The standard InChI is InChI=1S/C12H10NO2/c14-13(15)9-8-11-6-3-5-10-4-1-2-7-12(10)11/h1-8H,9H2. The van der Waals surface area contributed by atoms with Crippen molar-refractivity contribution in [2.45, 2.75) is 0 Å². The Labute approximate surface area is 87.5 Å². The highest BCUT2D eigenvalue weighted by Crippen LogP contribution is 2.19. The molecule has 0 saturated carbocycles. The predicted octanol–water partition coefficient (Wildman–Crippen LogP) is 2.67. The Hall–Kier alpha value is -1.90. The van der Waals surface area contributed by atoms with Gasteiger partial charge in [-0.25, -0.2) is 0 Å². The molecule has 2 aromatic carbocycles. The number of nitro groups is 1. The monoisotopic (exact) mass is 200 g/mol. The Morgan fingerprint density at radius 3 is 2.67 bits per heavy atom. The van der Waals surface area contributed by atoms with Gasteiger partial charge >= 0.3 is 0 Å². The van der Waals surface area contributed by atoms with E-state index in [-0.39, 0.29) is 11.5 Å². The van der Waals surface area contributed by atoms with Crippen LogP contribution in [0.25, 0.3) is 10.8 Å². The topological polar surface area (TPSA) is 43.1 Å². The maximum absolute atomic E-state index is 10.3. The molecule has 0 heterocycles. The second kappa shape index (κ2) is 4.09. The van der Waals surface area contributed by atoms with Crippen LogP contribution in [0.4, 0.5) is 0 Å². The van der Waals surface area contributed by atoms with E-state index in [2.05, 4.69) is 0 Å². The Kier molecular flexibility index (Phi) is 2.63. The van der Waals surface area contributed by atoms with Gasteiger partial charge in [0.05, 0.1) is 6.42 Å². The molecule has 3 nitrogen and oxygen atoms in total. The van der Waals surface area contributed by atoms with Crippen LogP contribution in [-0.2, 0) is 0 Å². The normalized spacial score (nSPS) is 10.4. The zero-order chi connectivity index (χ0) is 10.7. The summed E-state index contributed by atoms with van der Waals surface area (Å²) in [5.41, 5.74) is 0.921. The first-order valence-corrected chi connectivity index (χ1v) is 4.70. The van der Waals surface area contributed by atoms with Crippen molar-refractivity contribution in [2.75, 3.05) is 6.54 Å². The largest absolute Gasteiger partial charge is 0.265 e. The van der Waals surface area contributed by atoms with Crippen molar-refractivity contribution in [3.8, 4) is 0 Å². The van der Waals surface area contributed by atoms with Gasteiger partial charge < -0.3 is 0 Å². The molecule has 3 heteroatoms. The van der Waals surface area contributed by atoms with Crippen LogP contribution in [-0.4, -0.2) is 11.5 Å². The zero-order valence-corrected chi connectivity index (χ0v) is 8.09. The van der Waals surface area contributed by atoms with Gasteiger partial charge in [0.2, 0.25) is 6.54 Å². The number of fused-ring (bicyclic) bond motifs is 1. The van der Waals surface area contributed by atoms with Crippen LogP contribution in [0.15, 0.2) is 42.5 Å². The highest BCUT2D eigenvalue weighted by atomic mass is 16.6. The fraction of sp³-hybridized carbons (Fsp3) is 0.0833. The van der Waals surface area contributed by atoms with Gasteiger partial charge in [0.1, 0.15) is 0 Å². The molecule has 0 unspecified atom stereocenters. The third-order valence-corrected chi connectivity index (χ3v) is 2.28. The molecule has 2 rings (SSSR count). The Morgan fingerprint density at radius 1 is 1.13 bits per heavy atom. The van der Waals surface area contributed by atoms with E-state index in [1.54, 1.807) is 6.42 Å². The maximum atomic E-state index is 10.3. The number of nitrogens with zero attached hydrogens (tertiary/aromatic N) is 1. The summed E-state index contributed by atoms with van der Waals surface area (Å²) < 4.78 is 0. The van der Waals surface area contributed by atoms with Gasteiger partial charge in [-0.1, -0.05) is 42.5 Å². The van der Waals surface area contributed by atoms with Gasteiger partial charge in [-0.05, 0) is 16.3 Å². The van der Waals surface area contributed by atoms with E-state index in [9.17, 15) is 10.1 Å². The zero-order valence-electron chi connectivity index (χ0n) is 8.09. The summed E-state index contributed by atoms with van der Waals surface area (Å²) in [7, 11) is 0. The van der Waals surface area contributed by atoms with Gasteiger partial charge in [-0.2, -0.15) is 0 Å². The van der Waals surface area contributed by atoms with Crippen LogP contribution in [0.1, 0.15) is 5.56 Å². The van der Waals surface area contributed by atoms with Crippen LogP contribution in [0.3, 0.4) is 0 Å². The first-order chi connectivity index (χ1) is 7.27. The van der Waals surface area contributed by atoms with Crippen molar-refractivity contribution in [3.05, 3.63) is 64.6 Å². The van der Waals surface area contributed by atoms with Crippen LogP contribution in [0.5, 0.6) is 0 Å². The smallest absolute Gasteiger partial charge is 0.211 e. The van der Waals surface area contributed by atoms with Gasteiger partial charge in [-0.3, -0.25) is 10.1 Å². The molecule has 0 amide bonds. The molecule has 0 aromatic heterocycles. The van der Waals surface area contributed by atoms with Crippen molar-refractivity contribution in [3.63, 3.8) is 0 Å². The summed E-state index contributed by atoms with van der Waals surface area (Å²) in [4.78, 5) is 9.95. The first-order valence-electron chi connectivity index (χ1n) is 4.70. The predicted molar refractivity (Wildman–Crippen MR) is 59.2 cm³/mol. The van der Waals surface area contributed by atoms with Crippen molar-refractivity contribution in [1.82, 2.24) is 0 Å². The van der Waals surface area contributed by atoms with Crippen LogP contribution in [0.2, 0.25) is 0 Å². The molecule has 75 valence electrons. The van der Waals surface area contributed by atoms with E-state index in [4.69, 9.17) is 0 Å². The maximum Gasteiger partial charge on any atom is 0.211 e. The third-order valence-electron chi connectivity index (χ3n) is 2.28. The Bertz CT molecular complexity index is 488. The Morgan fingerprint density at radius 2 is 1.87 bits per heavy atom. The Balaban J connectivity index is 2.38. The molecule has 0 fully saturated rings. The minimum absolute atomic E-state index is 0.131. The van der Waals surface area contributed by atoms with Gasteiger partial charge in [0, 0.05) is 4.92 Å². The lowest BCUT2D eigenvalue weighted by Gasteiger charge is -2.03. The number of hydrogen-bond donors (Lipinski definition) is 0. The molecule has 0 bridgehead atoms. The van der Waals surface area contributed by atoms with Gasteiger partial charge in [0.15, 0.2) is 0 Å². The molecule has 2 aromatic rings. The molecule has 0 aliphatic rings. The molecule has 15 heavy (non-hydrogen) atoms. The summed E-state index contributed by atoms with van der Waals surface area (Å²) in [6.45, 7) is -0.131. The highest BCUT2D eigenvalue weighted by molar-refractivity contribution is 5.86.